The lowest BCUT2D eigenvalue weighted by Gasteiger charge is -2.21. The van der Waals surface area contributed by atoms with Crippen molar-refractivity contribution < 1.29 is 8.42 Å². The number of anilines is 1. The summed E-state index contributed by atoms with van der Waals surface area (Å²) in [4.78, 5) is 6.64. The lowest BCUT2D eigenvalue weighted by atomic mass is 10.1. The number of aliphatic imine (C=N–C) groups is 1. The molecule has 0 amide bonds. The molecule has 2 fully saturated rings. The van der Waals surface area contributed by atoms with Crippen molar-refractivity contribution >= 4 is 45.5 Å². The van der Waals surface area contributed by atoms with Crippen LogP contribution in [0.25, 0.3) is 0 Å². The summed E-state index contributed by atoms with van der Waals surface area (Å²) < 4.78 is 23.1. The topological polar surface area (TPSA) is 73.8 Å². The van der Waals surface area contributed by atoms with Crippen LogP contribution in [-0.4, -0.2) is 58.6 Å². The molecule has 0 spiro atoms. The Morgan fingerprint density at radius 2 is 2.04 bits per heavy atom. The fourth-order valence-corrected chi connectivity index (χ4v) is 5.28. The molecule has 2 N–H and O–H groups in total. The highest BCUT2D eigenvalue weighted by molar-refractivity contribution is 14.0. The minimum atomic E-state index is -2.82. The number of rotatable bonds is 4. The standard InChI is InChI=1S/C17H26N4O2S.HI/c1-18-17(19-11-14-8-10-24(22,23)13-14)20-15-7-9-21(12-15)16-5-3-2-4-6-16;/h2-6,14-15H,7-13H2,1H3,(H2,18,19,20);1H. The highest BCUT2D eigenvalue weighted by Gasteiger charge is 2.28. The Labute approximate surface area is 167 Å². The number of halogens is 1. The first-order valence-electron chi connectivity index (χ1n) is 8.53. The summed E-state index contributed by atoms with van der Waals surface area (Å²) in [6.07, 6.45) is 1.81. The molecule has 2 unspecified atom stereocenters. The number of sulfone groups is 1. The summed E-state index contributed by atoms with van der Waals surface area (Å²) in [5.41, 5.74) is 1.25. The third kappa shape index (κ3) is 5.73. The molecule has 0 radical (unpaired) electrons. The number of hydrogen-bond donors (Lipinski definition) is 2. The molecule has 2 heterocycles. The average molecular weight is 478 g/mol. The number of hydrogen-bond acceptors (Lipinski definition) is 4. The van der Waals surface area contributed by atoms with Gasteiger partial charge >= 0.3 is 0 Å². The predicted octanol–water partition coefficient (Wildman–Crippen LogP) is 1.48. The van der Waals surface area contributed by atoms with E-state index in [0.717, 1.165) is 31.9 Å². The molecule has 2 atom stereocenters. The maximum absolute atomic E-state index is 11.5. The molecule has 8 heteroatoms. The number of benzene rings is 1. The second-order valence-corrected chi connectivity index (χ2v) is 8.86. The Balaban J connectivity index is 0.00000225. The van der Waals surface area contributed by atoms with E-state index in [4.69, 9.17) is 0 Å². The molecule has 1 aromatic rings. The van der Waals surface area contributed by atoms with Crippen LogP contribution in [0.4, 0.5) is 5.69 Å². The van der Waals surface area contributed by atoms with Gasteiger partial charge in [-0.05, 0) is 30.9 Å². The molecule has 25 heavy (non-hydrogen) atoms. The van der Waals surface area contributed by atoms with Gasteiger partial charge in [-0.3, -0.25) is 4.99 Å². The van der Waals surface area contributed by atoms with E-state index >= 15 is 0 Å². The van der Waals surface area contributed by atoms with Crippen LogP contribution < -0.4 is 15.5 Å². The lowest BCUT2D eigenvalue weighted by molar-refractivity contribution is 0.559. The van der Waals surface area contributed by atoms with Gasteiger partial charge in [0.25, 0.3) is 0 Å². The van der Waals surface area contributed by atoms with Gasteiger partial charge in [-0.2, -0.15) is 0 Å². The highest BCUT2D eigenvalue weighted by Crippen LogP contribution is 2.20. The van der Waals surface area contributed by atoms with E-state index in [1.807, 2.05) is 6.07 Å². The van der Waals surface area contributed by atoms with Crippen molar-refractivity contribution in [3.05, 3.63) is 30.3 Å². The van der Waals surface area contributed by atoms with Crippen molar-refractivity contribution in [2.45, 2.75) is 18.9 Å². The summed E-state index contributed by atoms with van der Waals surface area (Å²) in [6.45, 7) is 2.64. The van der Waals surface area contributed by atoms with Gasteiger partial charge in [0.15, 0.2) is 15.8 Å². The van der Waals surface area contributed by atoms with Crippen LogP contribution in [0.3, 0.4) is 0 Å². The zero-order chi connectivity index (χ0) is 17.0. The van der Waals surface area contributed by atoms with Crippen LogP contribution in [0, 0.1) is 5.92 Å². The van der Waals surface area contributed by atoms with Crippen molar-refractivity contribution in [2.24, 2.45) is 10.9 Å². The van der Waals surface area contributed by atoms with E-state index in [9.17, 15) is 8.42 Å². The van der Waals surface area contributed by atoms with Gasteiger partial charge in [-0.15, -0.1) is 24.0 Å². The van der Waals surface area contributed by atoms with E-state index in [1.165, 1.54) is 5.69 Å². The quantitative estimate of drug-likeness (QED) is 0.390. The Hall–Kier alpha value is -1.03. The minimum absolute atomic E-state index is 0. The van der Waals surface area contributed by atoms with Crippen LogP contribution >= 0.6 is 24.0 Å². The largest absolute Gasteiger partial charge is 0.369 e. The summed E-state index contributed by atoms with van der Waals surface area (Å²) in [5.74, 6) is 1.57. The molecule has 2 saturated heterocycles. The van der Waals surface area contributed by atoms with Crippen LogP contribution in [0.2, 0.25) is 0 Å². The van der Waals surface area contributed by atoms with Crippen molar-refractivity contribution in [3.63, 3.8) is 0 Å². The average Bonchev–Trinajstić information content (AvgIpc) is 3.18. The zero-order valence-corrected chi connectivity index (χ0v) is 17.7. The molecule has 6 nitrogen and oxygen atoms in total. The van der Waals surface area contributed by atoms with Gasteiger partial charge in [0, 0.05) is 38.4 Å². The van der Waals surface area contributed by atoms with Crippen molar-refractivity contribution in [3.8, 4) is 0 Å². The first-order valence-corrected chi connectivity index (χ1v) is 10.4. The van der Waals surface area contributed by atoms with Crippen molar-refractivity contribution in [1.82, 2.24) is 10.6 Å². The number of guanidine groups is 1. The molecule has 0 bridgehead atoms. The van der Waals surface area contributed by atoms with Crippen molar-refractivity contribution in [2.75, 3.05) is 43.1 Å². The first kappa shape index (κ1) is 20.3. The SMILES string of the molecule is CN=C(NCC1CCS(=O)(=O)C1)NC1CCN(c2ccccc2)C1.I. The Kier molecular flexibility index (Phi) is 7.36. The number of para-hydroxylation sites is 1. The minimum Gasteiger partial charge on any atom is -0.369 e. The van der Waals surface area contributed by atoms with Crippen LogP contribution in [-0.2, 0) is 9.84 Å². The smallest absolute Gasteiger partial charge is 0.191 e. The normalized spacial score (nSPS) is 25.5. The van der Waals surface area contributed by atoms with Gasteiger partial charge < -0.3 is 15.5 Å². The number of nitrogens with one attached hydrogen (secondary N) is 2. The molecule has 0 aromatic heterocycles. The molecule has 3 rings (SSSR count). The fourth-order valence-electron chi connectivity index (χ4n) is 3.41. The molecular weight excluding hydrogens is 451 g/mol. The third-order valence-corrected chi connectivity index (χ3v) is 6.60. The summed E-state index contributed by atoms with van der Waals surface area (Å²) in [7, 11) is -1.06. The van der Waals surface area contributed by atoms with Gasteiger partial charge in [0.1, 0.15) is 0 Å². The van der Waals surface area contributed by atoms with E-state index < -0.39 is 9.84 Å². The maximum Gasteiger partial charge on any atom is 0.191 e. The van der Waals surface area contributed by atoms with Gasteiger partial charge in [0.05, 0.1) is 11.5 Å². The first-order chi connectivity index (χ1) is 11.6. The predicted molar refractivity (Wildman–Crippen MR) is 114 cm³/mol. The zero-order valence-electron chi connectivity index (χ0n) is 14.5. The van der Waals surface area contributed by atoms with E-state index in [0.29, 0.717) is 24.1 Å². The Bertz CT molecular complexity index is 681. The summed E-state index contributed by atoms with van der Waals surface area (Å²) in [5, 5.41) is 6.74. The van der Waals surface area contributed by atoms with Crippen LogP contribution in [0.1, 0.15) is 12.8 Å². The Morgan fingerprint density at radius 1 is 1.28 bits per heavy atom. The molecule has 0 aliphatic carbocycles. The van der Waals surface area contributed by atoms with E-state index in [-0.39, 0.29) is 29.9 Å². The van der Waals surface area contributed by atoms with Gasteiger partial charge in [0.2, 0.25) is 0 Å². The molecule has 140 valence electrons. The monoisotopic (exact) mass is 478 g/mol. The summed E-state index contributed by atoms with van der Waals surface area (Å²) in [6, 6.07) is 10.8. The molecule has 2 aliphatic rings. The third-order valence-electron chi connectivity index (χ3n) is 4.76. The maximum atomic E-state index is 11.5. The molecule has 0 saturated carbocycles. The fraction of sp³-hybridized carbons (Fsp3) is 0.588. The molecule has 1 aromatic carbocycles. The van der Waals surface area contributed by atoms with Crippen molar-refractivity contribution in [1.29, 1.82) is 0 Å². The second-order valence-electron chi connectivity index (χ2n) is 6.63. The molecule has 2 aliphatic heterocycles. The van der Waals surface area contributed by atoms with E-state index in [1.54, 1.807) is 7.05 Å². The van der Waals surface area contributed by atoms with Crippen LogP contribution in [0.5, 0.6) is 0 Å². The van der Waals surface area contributed by atoms with Gasteiger partial charge in [-0.1, -0.05) is 18.2 Å². The van der Waals surface area contributed by atoms with Gasteiger partial charge in [-0.25, -0.2) is 8.42 Å². The number of nitrogens with zero attached hydrogens (tertiary/aromatic N) is 2. The molecular formula is C17H27IN4O2S. The second kappa shape index (κ2) is 9.07. The highest BCUT2D eigenvalue weighted by atomic mass is 127. The van der Waals surface area contributed by atoms with Crippen LogP contribution in [0.15, 0.2) is 35.3 Å². The Morgan fingerprint density at radius 3 is 2.68 bits per heavy atom. The van der Waals surface area contributed by atoms with E-state index in [2.05, 4.69) is 44.8 Å². The summed E-state index contributed by atoms with van der Waals surface area (Å²) >= 11 is 0. The lowest BCUT2D eigenvalue weighted by Crippen LogP contribution is -2.46.